The Labute approximate surface area is 196 Å². The van der Waals surface area contributed by atoms with E-state index in [0.29, 0.717) is 37.4 Å². The van der Waals surface area contributed by atoms with Gasteiger partial charge in [0.1, 0.15) is 0 Å². The van der Waals surface area contributed by atoms with E-state index in [4.69, 9.17) is 0 Å². The van der Waals surface area contributed by atoms with Crippen molar-refractivity contribution in [2.45, 2.75) is 37.5 Å². The minimum atomic E-state index is -3.82. The van der Waals surface area contributed by atoms with Gasteiger partial charge in [-0.25, -0.2) is 8.42 Å². The minimum absolute atomic E-state index is 0.118. The summed E-state index contributed by atoms with van der Waals surface area (Å²) in [6, 6.07) is 17.3. The highest BCUT2D eigenvalue weighted by atomic mass is 32.2. The molecule has 0 unspecified atom stereocenters. The van der Waals surface area contributed by atoms with Crippen LogP contribution in [0.3, 0.4) is 0 Å². The van der Waals surface area contributed by atoms with Crippen molar-refractivity contribution in [3.8, 4) is 0 Å². The lowest BCUT2D eigenvalue weighted by molar-refractivity contribution is -0.132. The molecule has 0 N–H and O–H groups in total. The van der Waals surface area contributed by atoms with E-state index < -0.39 is 10.0 Å². The predicted molar refractivity (Wildman–Crippen MR) is 130 cm³/mol. The second-order valence-corrected chi connectivity index (χ2v) is 10.6. The number of hydrogen-bond donors (Lipinski definition) is 0. The summed E-state index contributed by atoms with van der Waals surface area (Å²) in [5, 5.41) is 1.39. The van der Waals surface area contributed by atoms with E-state index >= 15 is 0 Å². The molecule has 0 atom stereocenters. The number of aromatic nitrogens is 1. The molecular formula is C26H31N3O3S. The number of hydrogen-bond acceptors (Lipinski definition) is 4. The molecule has 1 fully saturated rings. The molecule has 0 bridgehead atoms. The molecule has 7 heteroatoms. The maximum atomic E-state index is 13.5. The van der Waals surface area contributed by atoms with Gasteiger partial charge in [0.25, 0.3) is 0 Å². The van der Waals surface area contributed by atoms with Gasteiger partial charge in [-0.05, 0) is 49.3 Å². The van der Waals surface area contributed by atoms with E-state index in [0.717, 1.165) is 24.6 Å². The first-order valence-corrected chi connectivity index (χ1v) is 13.1. The Morgan fingerprint density at radius 1 is 1.06 bits per heavy atom. The van der Waals surface area contributed by atoms with Crippen LogP contribution in [0.2, 0.25) is 0 Å². The van der Waals surface area contributed by atoms with Crippen molar-refractivity contribution in [3.63, 3.8) is 0 Å². The molecule has 1 aliphatic rings. The predicted octanol–water partition coefficient (Wildman–Crippen LogP) is 4.12. The first kappa shape index (κ1) is 23.4. The zero-order chi connectivity index (χ0) is 23.3. The van der Waals surface area contributed by atoms with Gasteiger partial charge in [0.2, 0.25) is 15.9 Å². The van der Waals surface area contributed by atoms with Crippen LogP contribution in [0.1, 0.15) is 31.7 Å². The number of carbonyl (C=O) groups is 1. The summed E-state index contributed by atoms with van der Waals surface area (Å²) < 4.78 is 28.4. The van der Waals surface area contributed by atoms with Gasteiger partial charge in [-0.1, -0.05) is 49.4 Å². The summed E-state index contributed by atoms with van der Waals surface area (Å²) in [7, 11) is -3.82. The number of sulfonamides is 1. The summed E-state index contributed by atoms with van der Waals surface area (Å²) in [5.74, 6) is 0.434. The highest BCUT2D eigenvalue weighted by Gasteiger charge is 2.30. The third-order valence-electron chi connectivity index (χ3n) is 6.38. The average Bonchev–Trinajstić information content (AvgIpc) is 2.84. The number of pyridine rings is 1. The number of amides is 1. The highest BCUT2D eigenvalue weighted by Crippen LogP contribution is 2.26. The standard InChI is InChI=1S/C26H31N3O3S/c1-2-15-29(33(31,32)25-10-6-9-23-19-27-14-11-24(23)25)20-26(30)28-16-12-22(13-17-28)18-21-7-4-3-5-8-21/h3-11,14,19,22H,2,12-13,15-18,20H2,1H3. The Kier molecular flexibility index (Phi) is 7.40. The Balaban J connectivity index is 1.44. The molecule has 1 saturated heterocycles. The zero-order valence-electron chi connectivity index (χ0n) is 19.1. The molecule has 0 aliphatic carbocycles. The molecular weight excluding hydrogens is 434 g/mol. The molecule has 0 spiro atoms. The molecule has 1 aliphatic heterocycles. The quantitative estimate of drug-likeness (QED) is 0.502. The monoisotopic (exact) mass is 465 g/mol. The Bertz CT molecular complexity index is 1180. The van der Waals surface area contributed by atoms with Gasteiger partial charge >= 0.3 is 0 Å². The number of carbonyl (C=O) groups excluding carboxylic acids is 1. The van der Waals surface area contributed by atoms with Gasteiger partial charge in [0.05, 0.1) is 11.4 Å². The lowest BCUT2D eigenvalue weighted by Gasteiger charge is -2.33. The molecule has 4 rings (SSSR count). The maximum Gasteiger partial charge on any atom is 0.244 e. The van der Waals surface area contributed by atoms with Gasteiger partial charge in [0, 0.05) is 42.8 Å². The molecule has 6 nitrogen and oxygen atoms in total. The second kappa shape index (κ2) is 10.4. The van der Waals surface area contributed by atoms with Gasteiger partial charge in [-0.15, -0.1) is 0 Å². The molecule has 174 valence electrons. The molecule has 3 aromatic rings. The normalized spacial score (nSPS) is 15.3. The maximum absolute atomic E-state index is 13.5. The number of nitrogens with zero attached hydrogens (tertiary/aromatic N) is 3. The Morgan fingerprint density at radius 2 is 1.82 bits per heavy atom. The largest absolute Gasteiger partial charge is 0.342 e. The van der Waals surface area contributed by atoms with Crippen LogP contribution in [0, 0.1) is 5.92 Å². The van der Waals surface area contributed by atoms with Crippen molar-refractivity contribution in [1.82, 2.24) is 14.2 Å². The number of piperidine rings is 1. The molecule has 0 radical (unpaired) electrons. The summed E-state index contributed by atoms with van der Waals surface area (Å²) in [4.78, 5) is 19.2. The van der Waals surface area contributed by atoms with Gasteiger partial charge < -0.3 is 4.90 Å². The Morgan fingerprint density at radius 3 is 2.55 bits per heavy atom. The van der Waals surface area contributed by atoms with Crippen LogP contribution in [0.15, 0.2) is 71.9 Å². The van der Waals surface area contributed by atoms with Crippen molar-refractivity contribution >= 4 is 26.7 Å². The number of likely N-dealkylation sites (tertiary alicyclic amines) is 1. The first-order chi connectivity index (χ1) is 16.0. The molecule has 2 aromatic carbocycles. The molecule has 1 amide bonds. The zero-order valence-corrected chi connectivity index (χ0v) is 19.9. The van der Waals surface area contributed by atoms with Crippen LogP contribution in [-0.4, -0.2) is 54.7 Å². The average molecular weight is 466 g/mol. The summed E-state index contributed by atoms with van der Waals surface area (Å²) in [6.07, 6.45) is 6.79. The lowest BCUT2D eigenvalue weighted by Crippen LogP contribution is -2.46. The topological polar surface area (TPSA) is 70.6 Å². The van der Waals surface area contributed by atoms with Crippen LogP contribution < -0.4 is 0 Å². The third-order valence-corrected chi connectivity index (χ3v) is 8.28. The SMILES string of the molecule is CCCN(CC(=O)N1CCC(Cc2ccccc2)CC1)S(=O)(=O)c1cccc2cnccc12. The second-order valence-electron chi connectivity index (χ2n) is 8.71. The van der Waals surface area contributed by atoms with E-state index in [9.17, 15) is 13.2 Å². The fraction of sp³-hybridized carbons (Fsp3) is 0.385. The van der Waals surface area contributed by atoms with Crippen LogP contribution in [0.25, 0.3) is 10.8 Å². The van der Waals surface area contributed by atoms with Crippen LogP contribution in [0.5, 0.6) is 0 Å². The third kappa shape index (κ3) is 5.42. The van der Waals surface area contributed by atoms with Crippen LogP contribution >= 0.6 is 0 Å². The highest BCUT2D eigenvalue weighted by molar-refractivity contribution is 7.89. The fourth-order valence-corrected chi connectivity index (χ4v) is 6.27. The van der Waals surface area contributed by atoms with E-state index in [1.807, 2.05) is 24.0 Å². The molecule has 2 heterocycles. The van der Waals surface area contributed by atoms with E-state index in [1.54, 1.807) is 30.6 Å². The van der Waals surface area contributed by atoms with Crippen molar-refractivity contribution in [3.05, 3.63) is 72.6 Å². The van der Waals surface area contributed by atoms with Gasteiger partial charge in [-0.3, -0.25) is 9.78 Å². The van der Waals surface area contributed by atoms with Crippen molar-refractivity contribution in [2.75, 3.05) is 26.2 Å². The van der Waals surface area contributed by atoms with Crippen LogP contribution in [-0.2, 0) is 21.2 Å². The first-order valence-electron chi connectivity index (χ1n) is 11.6. The van der Waals surface area contributed by atoms with Crippen molar-refractivity contribution < 1.29 is 13.2 Å². The van der Waals surface area contributed by atoms with Gasteiger partial charge in [0.15, 0.2) is 0 Å². The van der Waals surface area contributed by atoms with Crippen LogP contribution in [0.4, 0.5) is 0 Å². The molecule has 0 saturated carbocycles. The van der Waals surface area contributed by atoms with E-state index in [-0.39, 0.29) is 17.3 Å². The Hall–Kier alpha value is -2.77. The lowest BCUT2D eigenvalue weighted by atomic mass is 9.90. The fourth-order valence-electron chi connectivity index (χ4n) is 4.58. The van der Waals surface area contributed by atoms with E-state index in [1.165, 1.54) is 9.87 Å². The number of benzene rings is 2. The van der Waals surface area contributed by atoms with Crippen molar-refractivity contribution in [1.29, 1.82) is 0 Å². The van der Waals surface area contributed by atoms with Gasteiger partial charge in [-0.2, -0.15) is 4.31 Å². The minimum Gasteiger partial charge on any atom is -0.342 e. The smallest absolute Gasteiger partial charge is 0.244 e. The number of rotatable bonds is 8. The van der Waals surface area contributed by atoms with E-state index in [2.05, 4.69) is 29.2 Å². The summed E-state index contributed by atoms with van der Waals surface area (Å²) in [6.45, 7) is 3.46. The summed E-state index contributed by atoms with van der Waals surface area (Å²) in [5.41, 5.74) is 1.33. The number of fused-ring (bicyclic) bond motifs is 1. The summed E-state index contributed by atoms with van der Waals surface area (Å²) >= 11 is 0. The molecule has 1 aromatic heterocycles. The molecule has 33 heavy (non-hydrogen) atoms. The van der Waals surface area contributed by atoms with Crippen molar-refractivity contribution in [2.24, 2.45) is 5.92 Å².